The lowest BCUT2D eigenvalue weighted by molar-refractivity contribution is 0.210. The zero-order valence-electron chi connectivity index (χ0n) is 9.15. The van der Waals surface area contributed by atoms with Crippen LogP contribution in [0.5, 0.6) is 0 Å². The molecular formula is C13H9F2NO2. The number of carbonyl (C=O) groups is 1. The third-order valence-corrected chi connectivity index (χ3v) is 2.40. The van der Waals surface area contributed by atoms with Crippen LogP contribution in [0.1, 0.15) is 0 Å². The highest BCUT2D eigenvalue weighted by molar-refractivity contribution is 5.90. The molecule has 18 heavy (non-hydrogen) atoms. The van der Waals surface area contributed by atoms with Crippen LogP contribution < -0.4 is 5.32 Å². The third kappa shape index (κ3) is 2.45. The van der Waals surface area contributed by atoms with Gasteiger partial charge in [-0.3, -0.25) is 5.32 Å². The minimum absolute atomic E-state index is 0.316. The largest absolute Gasteiger partial charge is 0.465 e. The molecule has 1 amide bonds. The van der Waals surface area contributed by atoms with E-state index in [1.807, 2.05) is 0 Å². The standard InChI is InChI=1S/C13H9F2NO2/c14-10-6-5-8(7-11(10)15)9-3-1-2-4-12(9)16-13(17)18/h1-7,16H,(H,17,18). The van der Waals surface area contributed by atoms with Gasteiger partial charge in [-0.25, -0.2) is 13.6 Å². The highest BCUT2D eigenvalue weighted by atomic mass is 19.2. The molecule has 5 heteroatoms. The molecule has 0 radical (unpaired) electrons. The molecule has 0 fully saturated rings. The molecule has 0 saturated heterocycles. The molecule has 3 nitrogen and oxygen atoms in total. The maximum Gasteiger partial charge on any atom is 0.409 e. The van der Waals surface area contributed by atoms with Crippen molar-refractivity contribution < 1.29 is 18.7 Å². The predicted molar refractivity (Wildman–Crippen MR) is 63.4 cm³/mol. The normalized spacial score (nSPS) is 10.1. The summed E-state index contributed by atoms with van der Waals surface area (Å²) in [7, 11) is 0. The van der Waals surface area contributed by atoms with Crippen molar-refractivity contribution in [2.75, 3.05) is 5.32 Å². The van der Waals surface area contributed by atoms with Gasteiger partial charge < -0.3 is 5.11 Å². The molecule has 92 valence electrons. The van der Waals surface area contributed by atoms with Crippen molar-refractivity contribution in [2.24, 2.45) is 0 Å². The second-order valence-corrected chi connectivity index (χ2v) is 3.60. The van der Waals surface area contributed by atoms with Crippen LogP contribution in [0.15, 0.2) is 42.5 Å². The maximum atomic E-state index is 13.1. The molecule has 0 aliphatic heterocycles. The van der Waals surface area contributed by atoms with E-state index in [9.17, 15) is 13.6 Å². The highest BCUT2D eigenvalue weighted by Crippen LogP contribution is 2.28. The van der Waals surface area contributed by atoms with Gasteiger partial charge in [-0.2, -0.15) is 0 Å². The molecule has 0 heterocycles. The van der Waals surface area contributed by atoms with Crippen LogP contribution in [-0.4, -0.2) is 11.2 Å². The van der Waals surface area contributed by atoms with E-state index < -0.39 is 17.7 Å². The van der Waals surface area contributed by atoms with E-state index in [2.05, 4.69) is 5.32 Å². The van der Waals surface area contributed by atoms with E-state index >= 15 is 0 Å². The number of hydrogen-bond donors (Lipinski definition) is 2. The Morgan fingerprint density at radius 2 is 1.78 bits per heavy atom. The molecule has 0 unspecified atom stereocenters. The van der Waals surface area contributed by atoms with E-state index in [0.29, 0.717) is 16.8 Å². The molecule has 0 spiro atoms. The summed E-state index contributed by atoms with van der Waals surface area (Å²) in [6.45, 7) is 0. The lowest BCUT2D eigenvalue weighted by Gasteiger charge is -2.09. The Kier molecular flexibility index (Phi) is 3.23. The van der Waals surface area contributed by atoms with Gasteiger partial charge >= 0.3 is 6.09 Å². The number of nitrogens with one attached hydrogen (secondary N) is 1. The van der Waals surface area contributed by atoms with Crippen molar-refractivity contribution in [3.8, 4) is 11.1 Å². The average molecular weight is 249 g/mol. The Morgan fingerprint density at radius 1 is 1.06 bits per heavy atom. The van der Waals surface area contributed by atoms with Crippen LogP contribution in [-0.2, 0) is 0 Å². The Hall–Kier alpha value is -2.43. The van der Waals surface area contributed by atoms with Gasteiger partial charge in [0.1, 0.15) is 0 Å². The van der Waals surface area contributed by atoms with Gasteiger partial charge in [0.15, 0.2) is 11.6 Å². The fraction of sp³-hybridized carbons (Fsp3) is 0. The number of anilines is 1. The Morgan fingerprint density at radius 3 is 2.44 bits per heavy atom. The molecule has 2 rings (SSSR count). The van der Waals surface area contributed by atoms with Gasteiger partial charge in [-0.15, -0.1) is 0 Å². The molecule has 2 aromatic carbocycles. The zero-order valence-corrected chi connectivity index (χ0v) is 9.15. The summed E-state index contributed by atoms with van der Waals surface area (Å²) in [4.78, 5) is 10.6. The maximum absolute atomic E-state index is 13.1. The predicted octanol–water partition coefficient (Wildman–Crippen LogP) is 3.72. The van der Waals surface area contributed by atoms with Crippen LogP contribution in [0.3, 0.4) is 0 Å². The Bertz CT molecular complexity index is 599. The topological polar surface area (TPSA) is 49.3 Å². The first kappa shape index (κ1) is 12.0. The molecule has 0 atom stereocenters. The van der Waals surface area contributed by atoms with Gasteiger partial charge in [0, 0.05) is 5.56 Å². The highest BCUT2D eigenvalue weighted by Gasteiger charge is 2.09. The summed E-state index contributed by atoms with van der Waals surface area (Å²) in [5.41, 5.74) is 1.20. The molecular weight excluding hydrogens is 240 g/mol. The van der Waals surface area contributed by atoms with E-state index in [1.165, 1.54) is 6.07 Å². The number of rotatable bonds is 2. The Labute approximate surface area is 102 Å². The van der Waals surface area contributed by atoms with Gasteiger partial charge in [0.2, 0.25) is 0 Å². The fourth-order valence-electron chi connectivity index (χ4n) is 1.62. The summed E-state index contributed by atoms with van der Waals surface area (Å²) in [6, 6.07) is 9.92. The minimum Gasteiger partial charge on any atom is -0.465 e. The van der Waals surface area contributed by atoms with E-state index in [-0.39, 0.29) is 0 Å². The van der Waals surface area contributed by atoms with E-state index in [4.69, 9.17) is 5.11 Å². The summed E-state index contributed by atoms with van der Waals surface area (Å²) in [5.74, 6) is -1.92. The molecule has 2 aromatic rings. The van der Waals surface area contributed by atoms with Crippen molar-refractivity contribution in [3.05, 3.63) is 54.1 Å². The SMILES string of the molecule is O=C(O)Nc1ccccc1-c1ccc(F)c(F)c1. The number of halogens is 2. The van der Waals surface area contributed by atoms with E-state index in [1.54, 1.807) is 24.3 Å². The molecule has 2 N–H and O–H groups in total. The van der Waals surface area contributed by atoms with Crippen molar-refractivity contribution in [2.45, 2.75) is 0 Å². The molecule has 0 bridgehead atoms. The van der Waals surface area contributed by atoms with Gasteiger partial charge in [-0.05, 0) is 23.8 Å². The number of amides is 1. The quantitative estimate of drug-likeness (QED) is 0.852. The van der Waals surface area contributed by atoms with Crippen molar-refractivity contribution >= 4 is 11.8 Å². The van der Waals surface area contributed by atoms with Crippen LogP contribution in [0.4, 0.5) is 19.3 Å². The monoisotopic (exact) mass is 249 g/mol. The summed E-state index contributed by atoms with van der Waals surface area (Å²) in [5, 5.41) is 10.9. The lowest BCUT2D eigenvalue weighted by Crippen LogP contribution is -2.08. The first-order valence-electron chi connectivity index (χ1n) is 5.12. The van der Waals surface area contributed by atoms with Crippen molar-refractivity contribution in [1.82, 2.24) is 0 Å². The average Bonchev–Trinajstić information content (AvgIpc) is 2.33. The Balaban J connectivity index is 2.49. The smallest absolute Gasteiger partial charge is 0.409 e. The minimum atomic E-state index is -1.22. The third-order valence-electron chi connectivity index (χ3n) is 2.40. The zero-order chi connectivity index (χ0) is 13.1. The number of hydrogen-bond acceptors (Lipinski definition) is 1. The van der Waals surface area contributed by atoms with Gasteiger partial charge in [0.25, 0.3) is 0 Å². The second kappa shape index (κ2) is 4.83. The molecule has 0 aliphatic rings. The first-order valence-corrected chi connectivity index (χ1v) is 5.12. The van der Waals surface area contributed by atoms with E-state index in [0.717, 1.165) is 12.1 Å². The van der Waals surface area contributed by atoms with Gasteiger partial charge in [-0.1, -0.05) is 24.3 Å². The number of benzene rings is 2. The van der Waals surface area contributed by atoms with Crippen molar-refractivity contribution in [3.63, 3.8) is 0 Å². The number of para-hydroxylation sites is 1. The fourth-order valence-corrected chi connectivity index (χ4v) is 1.62. The number of carboxylic acid groups (broad SMARTS) is 1. The second-order valence-electron chi connectivity index (χ2n) is 3.60. The summed E-state index contributed by atoms with van der Waals surface area (Å²) >= 11 is 0. The van der Waals surface area contributed by atoms with Crippen molar-refractivity contribution in [1.29, 1.82) is 0 Å². The van der Waals surface area contributed by atoms with Gasteiger partial charge in [0.05, 0.1) is 5.69 Å². The summed E-state index contributed by atoms with van der Waals surface area (Å²) < 4.78 is 26.0. The molecule has 0 aliphatic carbocycles. The van der Waals surface area contributed by atoms with Crippen LogP contribution >= 0.6 is 0 Å². The molecule has 0 saturated carbocycles. The molecule has 0 aromatic heterocycles. The first-order chi connectivity index (χ1) is 8.58. The van der Waals surface area contributed by atoms with Crippen LogP contribution in [0.2, 0.25) is 0 Å². The van der Waals surface area contributed by atoms with Crippen LogP contribution in [0, 0.1) is 11.6 Å². The summed E-state index contributed by atoms with van der Waals surface area (Å²) in [6.07, 6.45) is -1.22. The lowest BCUT2D eigenvalue weighted by atomic mass is 10.0. The van der Waals surface area contributed by atoms with Crippen LogP contribution in [0.25, 0.3) is 11.1 Å².